The van der Waals surface area contributed by atoms with E-state index in [1.807, 2.05) is 33.9 Å². The number of rotatable bonds is 7. The quantitative estimate of drug-likeness (QED) is 0.359. The van der Waals surface area contributed by atoms with Crippen molar-refractivity contribution in [3.8, 4) is 0 Å². The molecule has 1 saturated heterocycles. The summed E-state index contributed by atoms with van der Waals surface area (Å²) in [6, 6.07) is 0. The van der Waals surface area contributed by atoms with Gasteiger partial charge in [0.1, 0.15) is 12.2 Å². The molecule has 0 amide bonds. The topological polar surface area (TPSA) is 141 Å². The third kappa shape index (κ3) is 5.60. The number of nitrogens with two attached hydrogens (primary N) is 1. The number of ether oxygens (including phenoxy) is 1. The van der Waals surface area contributed by atoms with E-state index in [0.717, 1.165) is 9.98 Å². The van der Waals surface area contributed by atoms with Gasteiger partial charge in [0, 0.05) is 18.3 Å². The lowest BCUT2D eigenvalue weighted by atomic mass is 9.89. The van der Waals surface area contributed by atoms with Gasteiger partial charge in [-0.15, -0.1) is 0 Å². The maximum absolute atomic E-state index is 13.6. The van der Waals surface area contributed by atoms with Crippen LogP contribution in [0.5, 0.6) is 0 Å². The van der Waals surface area contributed by atoms with Gasteiger partial charge in [-0.25, -0.2) is 8.98 Å². The smallest absolute Gasteiger partial charge is 0.333 e. The van der Waals surface area contributed by atoms with E-state index < -0.39 is 62.0 Å². The van der Waals surface area contributed by atoms with E-state index in [-0.39, 0.29) is 28.9 Å². The first-order chi connectivity index (χ1) is 17.9. The molecule has 1 spiro atoms. The minimum Gasteiger partial charge on any atom is -0.414 e. The molecule has 3 heterocycles. The second kappa shape index (κ2) is 10.3. The van der Waals surface area contributed by atoms with Gasteiger partial charge in [-0.3, -0.25) is 13.9 Å². The molecule has 40 heavy (non-hydrogen) atoms. The average molecular weight is 618 g/mol. The van der Waals surface area contributed by atoms with Gasteiger partial charge in [0.05, 0.1) is 17.7 Å². The van der Waals surface area contributed by atoms with Crippen LogP contribution in [0, 0.1) is 6.92 Å². The van der Waals surface area contributed by atoms with E-state index >= 15 is 0 Å². The zero-order valence-corrected chi connectivity index (χ0v) is 28.8. The number of hydrogen-bond donors (Lipinski definition) is 1. The predicted molar refractivity (Wildman–Crippen MR) is 160 cm³/mol. The van der Waals surface area contributed by atoms with Crippen LogP contribution < -0.4 is 17.0 Å². The van der Waals surface area contributed by atoms with Crippen molar-refractivity contribution in [2.24, 2.45) is 5.73 Å². The van der Waals surface area contributed by atoms with Crippen molar-refractivity contribution in [1.29, 1.82) is 0 Å². The Hall–Kier alpha value is -1.56. The number of aryl methyl sites for hydroxylation is 1. The van der Waals surface area contributed by atoms with Crippen molar-refractivity contribution in [3.63, 3.8) is 0 Å². The molecule has 0 radical (unpaired) electrons. The van der Waals surface area contributed by atoms with Crippen molar-refractivity contribution >= 4 is 26.8 Å². The van der Waals surface area contributed by atoms with Crippen LogP contribution in [0.4, 0.5) is 0 Å². The lowest BCUT2D eigenvalue weighted by Gasteiger charge is -2.43. The average Bonchev–Trinajstić information content (AvgIpc) is 3.20. The summed E-state index contributed by atoms with van der Waals surface area (Å²) in [7, 11) is -9.17. The fourth-order valence-corrected chi connectivity index (χ4v) is 7.94. The minimum absolute atomic E-state index is 0.0322. The third-order valence-electron chi connectivity index (χ3n) is 9.03. The fourth-order valence-electron chi connectivity index (χ4n) is 4.43. The zero-order chi connectivity index (χ0) is 30.9. The van der Waals surface area contributed by atoms with E-state index in [2.05, 4.69) is 33.9 Å². The Bertz CT molecular complexity index is 1400. The summed E-state index contributed by atoms with van der Waals surface area (Å²) in [6.07, 6.45) is -1.87. The highest BCUT2D eigenvalue weighted by atomic mass is 32.2. The van der Waals surface area contributed by atoms with Gasteiger partial charge in [-0.1, -0.05) is 41.5 Å². The van der Waals surface area contributed by atoms with Crippen molar-refractivity contribution in [3.05, 3.63) is 43.7 Å². The van der Waals surface area contributed by atoms with E-state index in [1.165, 1.54) is 10.8 Å². The van der Waals surface area contributed by atoms with Crippen molar-refractivity contribution in [2.45, 2.75) is 122 Å². The first kappa shape index (κ1) is 33.0. The molecule has 0 bridgehead atoms. The van der Waals surface area contributed by atoms with E-state index in [0.29, 0.717) is 5.56 Å². The van der Waals surface area contributed by atoms with Crippen LogP contribution in [0.1, 0.15) is 60.3 Å². The summed E-state index contributed by atoms with van der Waals surface area (Å²) in [5, 5.41) is 0.471. The number of nitrogens with zero attached hydrogens (tertiary/aromatic N) is 2. The van der Waals surface area contributed by atoms with E-state index in [9.17, 15) is 18.0 Å². The standard InChI is InChI=1S/C26H47N3O8SSi2/c1-13-28-21(30)17(2)14-29(23(28)31)22-20(36-40(11,12)25(6,7)8)26(18(27)16-38(32,33)37-26)19(35-22)15-34-39(9,10)24(3,4)5/h14,16,19-20,22H,13,15,27H2,1-12H3/t19-,20+,22-,26?/m1/s1. The van der Waals surface area contributed by atoms with Gasteiger partial charge in [0.2, 0.25) is 0 Å². The Labute approximate surface area is 240 Å². The number of hydrogen-bond acceptors (Lipinski definition) is 9. The molecule has 2 aliphatic rings. The van der Waals surface area contributed by atoms with Crippen LogP contribution in [0.2, 0.25) is 36.3 Å². The van der Waals surface area contributed by atoms with Crippen molar-refractivity contribution in [2.75, 3.05) is 6.61 Å². The molecule has 11 nitrogen and oxygen atoms in total. The van der Waals surface area contributed by atoms with Crippen molar-refractivity contribution in [1.82, 2.24) is 9.13 Å². The Morgan fingerprint density at radius 2 is 1.60 bits per heavy atom. The van der Waals surface area contributed by atoms with Gasteiger partial charge in [0.15, 0.2) is 28.5 Å². The normalized spacial score (nSPS) is 27.4. The molecule has 1 aromatic heterocycles. The Kier molecular flexibility index (Phi) is 8.50. The van der Waals surface area contributed by atoms with Gasteiger partial charge in [0.25, 0.3) is 15.7 Å². The van der Waals surface area contributed by atoms with Crippen LogP contribution in [0.25, 0.3) is 0 Å². The van der Waals surface area contributed by atoms with Gasteiger partial charge >= 0.3 is 5.69 Å². The molecule has 1 aromatic rings. The highest BCUT2D eigenvalue weighted by Gasteiger charge is 2.67. The fraction of sp³-hybridized carbons (Fsp3) is 0.769. The molecule has 0 saturated carbocycles. The lowest BCUT2D eigenvalue weighted by Crippen LogP contribution is -2.59. The molecular weight excluding hydrogens is 571 g/mol. The highest BCUT2D eigenvalue weighted by molar-refractivity contribution is 7.90. The molecule has 2 aliphatic heterocycles. The van der Waals surface area contributed by atoms with Crippen LogP contribution in [0.3, 0.4) is 0 Å². The van der Waals surface area contributed by atoms with E-state index in [4.69, 9.17) is 23.5 Å². The second-order valence-electron chi connectivity index (χ2n) is 13.9. The molecule has 1 fully saturated rings. The molecule has 0 aromatic carbocycles. The van der Waals surface area contributed by atoms with Crippen LogP contribution >= 0.6 is 0 Å². The maximum Gasteiger partial charge on any atom is 0.333 e. The minimum atomic E-state index is -4.19. The SMILES string of the molecule is CCn1c(=O)c(C)cn([C@@H]2O[C@H](CO[Si](C)(C)C(C)(C)C)C3(OS(=O)(=O)C=C3N)[C@H]2O[Si](C)(C)C(C)(C)C)c1=O. The molecule has 1 unspecified atom stereocenters. The van der Waals surface area contributed by atoms with Gasteiger partial charge < -0.3 is 19.3 Å². The zero-order valence-electron chi connectivity index (χ0n) is 25.9. The number of aromatic nitrogens is 2. The first-order valence-electron chi connectivity index (χ1n) is 13.6. The maximum atomic E-state index is 13.6. The summed E-state index contributed by atoms with van der Waals surface area (Å²) in [6.45, 7) is 24.0. The molecular formula is C26H47N3O8SSi2. The summed E-state index contributed by atoms with van der Waals surface area (Å²) < 4.78 is 53.9. The molecule has 4 atom stereocenters. The van der Waals surface area contributed by atoms with Crippen molar-refractivity contribution < 1.29 is 26.2 Å². The first-order valence-corrected chi connectivity index (χ1v) is 20.9. The molecule has 14 heteroatoms. The molecule has 0 aliphatic carbocycles. The van der Waals surface area contributed by atoms with Crippen LogP contribution in [-0.4, -0.2) is 58.6 Å². The monoisotopic (exact) mass is 617 g/mol. The Morgan fingerprint density at radius 1 is 1.05 bits per heavy atom. The van der Waals surface area contributed by atoms with Crippen LogP contribution in [0.15, 0.2) is 26.9 Å². The van der Waals surface area contributed by atoms with Crippen LogP contribution in [-0.2, 0) is 34.4 Å². The predicted octanol–water partition coefficient (Wildman–Crippen LogP) is 3.55. The third-order valence-corrected chi connectivity index (χ3v) is 19.0. The highest BCUT2D eigenvalue weighted by Crippen LogP contribution is 2.52. The van der Waals surface area contributed by atoms with Gasteiger partial charge in [-0.2, -0.15) is 8.42 Å². The Balaban J connectivity index is 2.29. The summed E-state index contributed by atoms with van der Waals surface area (Å²) >= 11 is 0. The molecule has 228 valence electrons. The van der Waals surface area contributed by atoms with E-state index in [1.54, 1.807) is 13.8 Å². The molecule has 3 rings (SSSR count). The Morgan fingerprint density at radius 3 is 2.05 bits per heavy atom. The summed E-state index contributed by atoms with van der Waals surface area (Å²) in [5.41, 5.74) is 3.97. The second-order valence-corrected chi connectivity index (χ2v) is 24.8. The largest absolute Gasteiger partial charge is 0.414 e. The van der Waals surface area contributed by atoms with Gasteiger partial charge in [-0.05, 0) is 50.1 Å². The summed E-state index contributed by atoms with van der Waals surface area (Å²) in [4.78, 5) is 26.3. The molecule has 2 N–H and O–H groups in total. The lowest BCUT2D eigenvalue weighted by molar-refractivity contribution is -0.0567. The summed E-state index contributed by atoms with van der Waals surface area (Å²) in [5.74, 6) is 0.